The first-order chi connectivity index (χ1) is 12.0. The highest BCUT2D eigenvalue weighted by Gasteiger charge is 2.11. The molecular weight excluding hydrogens is 414 g/mol. The summed E-state index contributed by atoms with van der Waals surface area (Å²) >= 11 is 15.7. The number of benzene rings is 3. The van der Waals surface area contributed by atoms with Crippen LogP contribution in [0, 0.1) is 13.8 Å². The Kier molecular flexibility index (Phi) is 5.57. The predicted octanol–water partition coefficient (Wildman–Crippen LogP) is 7.23. The zero-order chi connectivity index (χ0) is 18.0. The van der Waals surface area contributed by atoms with Crippen molar-refractivity contribution in [2.24, 2.45) is 0 Å². The summed E-state index contributed by atoms with van der Waals surface area (Å²) < 4.78 is 1.06. The third-order valence-electron chi connectivity index (χ3n) is 4.07. The quantitative estimate of drug-likeness (QED) is 0.346. The largest absolute Gasteiger partial charge is 0.355 e. The van der Waals surface area contributed by atoms with Gasteiger partial charge >= 0.3 is 0 Å². The van der Waals surface area contributed by atoms with Crippen LogP contribution in [0.1, 0.15) is 22.3 Å². The minimum Gasteiger partial charge on any atom is -0.355 e. The zero-order valence-corrected chi connectivity index (χ0v) is 17.1. The van der Waals surface area contributed by atoms with E-state index in [1.807, 2.05) is 48.5 Å². The molecule has 4 heteroatoms. The number of nitrogens with one attached hydrogen (secondary N) is 1. The first-order valence-electron chi connectivity index (χ1n) is 7.89. The van der Waals surface area contributed by atoms with Gasteiger partial charge in [-0.3, -0.25) is 0 Å². The van der Waals surface area contributed by atoms with Crippen LogP contribution in [0.15, 0.2) is 65.1 Å². The topological polar surface area (TPSA) is 12.0 Å². The minimum absolute atomic E-state index is 0.646. The number of halogens is 2. The van der Waals surface area contributed by atoms with Gasteiger partial charge in [0.05, 0.1) is 9.89 Å². The van der Waals surface area contributed by atoms with Gasteiger partial charge in [-0.2, -0.15) is 0 Å². The van der Waals surface area contributed by atoms with Crippen LogP contribution < -0.4 is 5.32 Å². The van der Waals surface area contributed by atoms with Crippen LogP contribution in [0.2, 0.25) is 5.02 Å². The number of hydrogen-bond donors (Lipinski definition) is 1. The van der Waals surface area contributed by atoms with E-state index >= 15 is 0 Å². The molecule has 0 radical (unpaired) electrons. The average Bonchev–Trinajstić information content (AvgIpc) is 2.57. The van der Waals surface area contributed by atoms with Crippen molar-refractivity contribution in [1.82, 2.24) is 0 Å². The van der Waals surface area contributed by atoms with E-state index in [-0.39, 0.29) is 0 Å². The van der Waals surface area contributed by atoms with Crippen molar-refractivity contribution in [3.8, 4) is 0 Å². The van der Waals surface area contributed by atoms with Crippen molar-refractivity contribution < 1.29 is 0 Å². The van der Waals surface area contributed by atoms with Crippen molar-refractivity contribution in [2.45, 2.75) is 13.8 Å². The van der Waals surface area contributed by atoms with Gasteiger partial charge in [-0.25, -0.2) is 0 Å². The normalized spacial score (nSPS) is 10.6. The molecule has 0 aromatic heterocycles. The molecule has 3 aromatic rings. The van der Waals surface area contributed by atoms with E-state index in [0.717, 1.165) is 43.0 Å². The second-order valence-electron chi connectivity index (χ2n) is 5.92. The van der Waals surface area contributed by atoms with Crippen LogP contribution in [0.25, 0.3) is 0 Å². The van der Waals surface area contributed by atoms with Gasteiger partial charge in [0, 0.05) is 21.4 Å². The molecule has 25 heavy (non-hydrogen) atoms. The minimum atomic E-state index is 0.646. The Morgan fingerprint density at radius 2 is 1.68 bits per heavy atom. The fourth-order valence-electron chi connectivity index (χ4n) is 2.67. The molecule has 0 aliphatic heterocycles. The first-order valence-corrected chi connectivity index (χ1v) is 9.46. The Morgan fingerprint density at radius 3 is 2.36 bits per heavy atom. The van der Waals surface area contributed by atoms with Crippen molar-refractivity contribution in [2.75, 3.05) is 5.32 Å². The second-order valence-corrected chi connectivity index (χ2v) is 7.65. The molecule has 0 heterocycles. The average molecular weight is 431 g/mol. The SMILES string of the molecule is Cc1cc(Br)ccc1Nc1ccc(C(=S)c2ccccc2C)c(Cl)c1. The van der Waals surface area contributed by atoms with Crippen LogP contribution >= 0.6 is 39.7 Å². The summed E-state index contributed by atoms with van der Waals surface area (Å²) in [6.45, 7) is 4.12. The molecule has 1 N–H and O–H groups in total. The number of aryl methyl sites for hydroxylation is 2. The predicted molar refractivity (Wildman–Crippen MR) is 116 cm³/mol. The van der Waals surface area contributed by atoms with Crippen LogP contribution in [0.3, 0.4) is 0 Å². The van der Waals surface area contributed by atoms with Crippen molar-refractivity contribution >= 4 is 56.0 Å². The van der Waals surface area contributed by atoms with Gasteiger partial charge in [-0.1, -0.05) is 64.0 Å². The third kappa shape index (κ3) is 4.12. The van der Waals surface area contributed by atoms with Gasteiger partial charge in [0.2, 0.25) is 0 Å². The Morgan fingerprint density at radius 1 is 0.920 bits per heavy atom. The highest BCUT2D eigenvalue weighted by Crippen LogP contribution is 2.29. The van der Waals surface area contributed by atoms with Gasteiger partial charge in [0.15, 0.2) is 0 Å². The Balaban J connectivity index is 1.88. The summed E-state index contributed by atoms with van der Waals surface area (Å²) in [6.07, 6.45) is 0. The van der Waals surface area contributed by atoms with E-state index in [2.05, 4.69) is 47.2 Å². The molecule has 0 saturated heterocycles. The zero-order valence-electron chi connectivity index (χ0n) is 13.9. The van der Waals surface area contributed by atoms with Gasteiger partial charge in [-0.05, 0) is 66.9 Å². The van der Waals surface area contributed by atoms with Crippen LogP contribution in [0.5, 0.6) is 0 Å². The molecule has 0 aliphatic carbocycles. The van der Waals surface area contributed by atoms with E-state index in [9.17, 15) is 0 Å². The van der Waals surface area contributed by atoms with E-state index < -0.39 is 0 Å². The monoisotopic (exact) mass is 429 g/mol. The molecule has 3 aromatic carbocycles. The van der Waals surface area contributed by atoms with E-state index in [1.54, 1.807) is 0 Å². The van der Waals surface area contributed by atoms with Gasteiger partial charge in [0.25, 0.3) is 0 Å². The summed E-state index contributed by atoms with van der Waals surface area (Å²) in [7, 11) is 0. The maximum atomic E-state index is 6.52. The molecule has 0 amide bonds. The van der Waals surface area contributed by atoms with Crippen molar-refractivity contribution in [3.05, 3.63) is 92.4 Å². The van der Waals surface area contributed by atoms with Gasteiger partial charge in [0.1, 0.15) is 0 Å². The maximum Gasteiger partial charge on any atom is 0.0539 e. The molecule has 0 spiro atoms. The molecule has 0 atom stereocenters. The highest BCUT2D eigenvalue weighted by molar-refractivity contribution is 9.10. The fourth-order valence-corrected chi connectivity index (χ4v) is 3.89. The Labute approximate surface area is 167 Å². The molecule has 3 rings (SSSR count). The lowest BCUT2D eigenvalue weighted by molar-refractivity contribution is 1.41. The highest BCUT2D eigenvalue weighted by atomic mass is 79.9. The van der Waals surface area contributed by atoms with Crippen LogP contribution in [0.4, 0.5) is 11.4 Å². The summed E-state index contributed by atoms with van der Waals surface area (Å²) in [5.41, 5.74) is 6.22. The molecule has 0 unspecified atom stereocenters. The lowest BCUT2D eigenvalue weighted by atomic mass is 10.00. The third-order valence-corrected chi connectivity index (χ3v) is 5.32. The molecule has 0 fully saturated rings. The molecule has 1 nitrogen and oxygen atoms in total. The summed E-state index contributed by atoms with van der Waals surface area (Å²) in [4.78, 5) is 0.773. The summed E-state index contributed by atoms with van der Waals surface area (Å²) in [6, 6.07) is 20.1. The van der Waals surface area contributed by atoms with E-state index in [4.69, 9.17) is 23.8 Å². The van der Waals surface area contributed by atoms with E-state index in [1.165, 1.54) is 0 Å². The van der Waals surface area contributed by atoms with Crippen molar-refractivity contribution in [3.63, 3.8) is 0 Å². The van der Waals surface area contributed by atoms with Gasteiger partial charge < -0.3 is 5.32 Å². The lowest BCUT2D eigenvalue weighted by Gasteiger charge is -2.13. The molecule has 0 saturated carbocycles. The smallest absolute Gasteiger partial charge is 0.0539 e. The molecule has 0 bridgehead atoms. The lowest BCUT2D eigenvalue weighted by Crippen LogP contribution is -2.03. The number of rotatable bonds is 4. The fraction of sp³-hybridized carbons (Fsp3) is 0.0952. The standard InChI is InChI=1S/C21H17BrClNS/c1-13-5-3-4-6-17(13)21(25)18-9-8-16(12-19(18)23)24-20-10-7-15(22)11-14(20)2/h3-12,24H,1-2H3. The number of anilines is 2. The Bertz CT molecular complexity index is 952. The molecular formula is C21H17BrClNS. The summed E-state index contributed by atoms with van der Waals surface area (Å²) in [5, 5.41) is 4.06. The van der Waals surface area contributed by atoms with E-state index in [0.29, 0.717) is 5.02 Å². The second kappa shape index (κ2) is 7.69. The molecule has 0 aliphatic rings. The first kappa shape index (κ1) is 18.1. The maximum absolute atomic E-state index is 6.52. The number of hydrogen-bond acceptors (Lipinski definition) is 2. The van der Waals surface area contributed by atoms with Crippen LogP contribution in [-0.4, -0.2) is 4.86 Å². The van der Waals surface area contributed by atoms with Gasteiger partial charge in [-0.15, -0.1) is 0 Å². The van der Waals surface area contributed by atoms with Crippen molar-refractivity contribution in [1.29, 1.82) is 0 Å². The summed E-state index contributed by atoms with van der Waals surface area (Å²) in [5.74, 6) is 0. The molecule has 126 valence electrons. The Hall–Kier alpha value is -1.68. The number of thiocarbonyl (C=S) groups is 1. The van der Waals surface area contributed by atoms with Crippen LogP contribution in [-0.2, 0) is 0 Å².